The molecule has 37 heavy (non-hydrogen) atoms. The van der Waals surface area contributed by atoms with Crippen molar-refractivity contribution in [3.8, 4) is 11.3 Å². The van der Waals surface area contributed by atoms with Crippen LogP contribution in [0.2, 0.25) is 19.6 Å². The van der Waals surface area contributed by atoms with E-state index >= 15 is 4.39 Å². The Morgan fingerprint density at radius 2 is 1.81 bits per heavy atom. The second kappa shape index (κ2) is 10.6. The Bertz CT molecular complexity index is 1440. The van der Waals surface area contributed by atoms with Crippen molar-refractivity contribution in [1.82, 2.24) is 14.9 Å². The Hall–Kier alpha value is -2.11. The maximum absolute atomic E-state index is 15.8. The Balaban J connectivity index is 1.87. The average molecular weight is 607 g/mol. The van der Waals surface area contributed by atoms with Crippen molar-refractivity contribution in [3.63, 3.8) is 0 Å². The molecule has 2 aromatic heterocycles. The minimum absolute atomic E-state index is 0.0644. The fourth-order valence-electron chi connectivity index (χ4n) is 4.08. The van der Waals surface area contributed by atoms with Crippen LogP contribution in [0.25, 0.3) is 22.2 Å². The predicted octanol–water partition coefficient (Wildman–Crippen LogP) is 6.81. The van der Waals surface area contributed by atoms with Gasteiger partial charge in [0.15, 0.2) is 5.82 Å². The second-order valence-electron chi connectivity index (χ2n) is 11.0. The summed E-state index contributed by atoms with van der Waals surface area (Å²) >= 11 is 1.99. The summed E-state index contributed by atoms with van der Waals surface area (Å²) in [6, 6.07) is 13.3. The molecule has 0 saturated carbocycles. The van der Waals surface area contributed by atoms with E-state index in [2.05, 4.69) is 50.4 Å². The summed E-state index contributed by atoms with van der Waals surface area (Å²) in [5.41, 5.74) is 2.21. The van der Waals surface area contributed by atoms with Crippen LogP contribution in [0.1, 0.15) is 38.1 Å². The van der Waals surface area contributed by atoms with E-state index in [9.17, 15) is 8.94 Å². The van der Waals surface area contributed by atoms with E-state index in [1.165, 1.54) is 6.07 Å². The molecule has 5 nitrogen and oxygen atoms in total. The Kier molecular flexibility index (Phi) is 7.97. The van der Waals surface area contributed by atoms with Gasteiger partial charge >= 0.3 is 0 Å². The number of halogens is 3. The molecule has 10 heteroatoms. The van der Waals surface area contributed by atoms with Crippen LogP contribution in [0.15, 0.2) is 57.7 Å². The van der Waals surface area contributed by atoms with Gasteiger partial charge in [0.25, 0.3) is 0 Å². The summed E-state index contributed by atoms with van der Waals surface area (Å²) in [6.07, 6.45) is 0.145. The van der Waals surface area contributed by atoms with Crippen LogP contribution >= 0.6 is 15.9 Å². The summed E-state index contributed by atoms with van der Waals surface area (Å²) in [4.78, 5) is 4.48. The molecule has 4 aromatic rings. The van der Waals surface area contributed by atoms with Gasteiger partial charge in [-0.1, -0.05) is 55.1 Å². The van der Waals surface area contributed by atoms with Crippen molar-refractivity contribution in [2.45, 2.75) is 57.6 Å². The first-order valence-corrected chi connectivity index (χ1v) is 17.4. The molecule has 0 amide bonds. The third-order valence-corrected chi connectivity index (χ3v) is 10.0. The van der Waals surface area contributed by atoms with Gasteiger partial charge in [-0.3, -0.25) is 0 Å². The molecule has 0 fully saturated rings. The number of hydrogen-bond donors (Lipinski definition) is 1. The summed E-state index contributed by atoms with van der Waals surface area (Å²) < 4.78 is 52.0. The van der Waals surface area contributed by atoms with Crippen molar-refractivity contribution in [3.05, 3.63) is 76.0 Å². The zero-order chi connectivity index (χ0) is 27.1. The summed E-state index contributed by atoms with van der Waals surface area (Å²) in [5.74, 6) is -0.835. The van der Waals surface area contributed by atoms with Crippen LogP contribution in [-0.4, -0.2) is 27.5 Å². The van der Waals surface area contributed by atoms with Gasteiger partial charge in [0.2, 0.25) is 5.58 Å². The zero-order valence-corrected chi connectivity index (χ0v) is 25.1. The molecule has 0 aliphatic carbocycles. The van der Waals surface area contributed by atoms with Crippen LogP contribution in [-0.2, 0) is 17.8 Å². The molecule has 2 heterocycles. The SMILES string of the molecule is CC(C)(C)[S+]([O-])NC(Cc1nc(Br)cc([Si](C)(C)C)c1F)c1ccccc1-c1noc2c(F)cccc12. The lowest BCUT2D eigenvalue weighted by molar-refractivity contribution is 0.443. The standard InChI is InChI=1S/C27H30BrF2N3O2SSi/c1-27(2,3)36(34)33-20(14-21-24(30)22(37(4,5)6)15-23(28)31-21)16-10-7-8-11-17(16)25-18-12-9-13-19(29)26(18)35-32-25/h7-13,15,20,33H,14H2,1-6H3. The Morgan fingerprint density at radius 1 is 1.11 bits per heavy atom. The molecule has 0 aliphatic rings. The Labute approximate surface area is 228 Å². The molecule has 2 unspecified atom stereocenters. The molecule has 2 atom stereocenters. The van der Waals surface area contributed by atoms with Crippen LogP contribution in [0.5, 0.6) is 0 Å². The van der Waals surface area contributed by atoms with Gasteiger partial charge in [0, 0.05) is 23.3 Å². The van der Waals surface area contributed by atoms with Crippen LogP contribution in [0.3, 0.4) is 0 Å². The first-order valence-electron chi connectivity index (χ1n) is 11.9. The molecule has 196 valence electrons. The number of benzene rings is 2. The summed E-state index contributed by atoms with van der Waals surface area (Å²) in [7, 11) is -2.01. The number of para-hydroxylation sites is 1. The fourth-order valence-corrected chi connectivity index (χ4v) is 6.93. The first kappa shape index (κ1) is 27.9. The number of rotatable bonds is 7. The molecule has 2 aromatic carbocycles. The highest BCUT2D eigenvalue weighted by Gasteiger charge is 2.33. The number of aromatic nitrogens is 2. The van der Waals surface area contributed by atoms with E-state index in [0.29, 0.717) is 26.4 Å². The molecular formula is C27H30BrF2N3O2SSi. The summed E-state index contributed by atoms with van der Waals surface area (Å²) in [5, 5.41) is 5.37. The van der Waals surface area contributed by atoms with E-state index in [-0.39, 0.29) is 23.5 Å². The molecule has 0 spiro atoms. The van der Waals surface area contributed by atoms with Gasteiger partial charge in [-0.2, -0.15) is 0 Å². The van der Waals surface area contributed by atoms with E-state index in [0.717, 1.165) is 5.56 Å². The van der Waals surface area contributed by atoms with Gasteiger partial charge in [0.1, 0.15) is 20.9 Å². The fraction of sp³-hybridized carbons (Fsp3) is 0.333. The molecule has 0 bridgehead atoms. The quantitative estimate of drug-likeness (QED) is 0.142. The van der Waals surface area contributed by atoms with E-state index in [1.54, 1.807) is 18.2 Å². The number of nitrogens with one attached hydrogen (secondary N) is 1. The van der Waals surface area contributed by atoms with Gasteiger partial charge in [0.05, 0.1) is 25.2 Å². The predicted molar refractivity (Wildman–Crippen MR) is 152 cm³/mol. The summed E-state index contributed by atoms with van der Waals surface area (Å²) in [6.45, 7) is 11.8. The van der Waals surface area contributed by atoms with Crippen molar-refractivity contribution >= 4 is 51.5 Å². The lowest BCUT2D eigenvalue weighted by atomic mass is 9.94. The minimum Gasteiger partial charge on any atom is -0.598 e. The highest BCUT2D eigenvalue weighted by Crippen LogP contribution is 2.36. The van der Waals surface area contributed by atoms with Crippen molar-refractivity contribution in [1.29, 1.82) is 0 Å². The van der Waals surface area contributed by atoms with E-state index < -0.39 is 36.0 Å². The van der Waals surface area contributed by atoms with Gasteiger partial charge in [-0.15, -0.1) is 4.72 Å². The zero-order valence-electron chi connectivity index (χ0n) is 21.7. The van der Waals surface area contributed by atoms with E-state index in [4.69, 9.17) is 4.52 Å². The third-order valence-electron chi connectivity index (χ3n) is 6.05. The first-order chi connectivity index (χ1) is 17.3. The highest BCUT2D eigenvalue weighted by atomic mass is 79.9. The molecule has 4 rings (SSSR count). The topological polar surface area (TPSA) is 74.0 Å². The lowest BCUT2D eigenvalue weighted by Crippen LogP contribution is -2.43. The van der Waals surface area contributed by atoms with Crippen molar-refractivity contribution in [2.75, 3.05) is 0 Å². The number of pyridine rings is 1. The van der Waals surface area contributed by atoms with Gasteiger partial charge < -0.3 is 9.08 Å². The number of nitrogens with zero attached hydrogens (tertiary/aromatic N) is 2. The van der Waals surface area contributed by atoms with Crippen molar-refractivity contribution < 1.29 is 17.9 Å². The molecule has 0 radical (unpaired) electrons. The maximum atomic E-state index is 15.8. The van der Waals surface area contributed by atoms with Gasteiger partial charge in [-0.25, -0.2) is 13.8 Å². The second-order valence-corrected chi connectivity index (χ2v) is 18.8. The average Bonchev–Trinajstić information content (AvgIpc) is 3.24. The minimum atomic E-state index is -2.01. The largest absolute Gasteiger partial charge is 0.598 e. The Morgan fingerprint density at radius 3 is 2.49 bits per heavy atom. The smallest absolute Gasteiger partial charge is 0.203 e. The van der Waals surface area contributed by atoms with Crippen LogP contribution < -0.4 is 9.91 Å². The third kappa shape index (κ3) is 5.98. The maximum Gasteiger partial charge on any atom is 0.203 e. The van der Waals surface area contributed by atoms with E-state index in [1.807, 2.05) is 45.0 Å². The van der Waals surface area contributed by atoms with Crippen molar-refractivity contribution in [2.24, 2.45) is 0 Å². The van der Waals surface area contributed by atoms with Crippen LogP contribution in [0, 0.1) is 11.6 Å². The number of fused-ring (bicyclic) bond motifs is 1. The molecular weight excluding hydrogens is 576 g/mol. The lowest BCUT2D eigenvalue weighted by Gasteiger charge is -2.29. The number of hydrogen-bond acceptors (Lipinski definition) is 5. The monoisotopic (exact) mass is 605 g/mol. The molecule has 0 aliphatic heterocycles. The molecule has 0 saturated heterocycles. The highest BCUT2D eigenvalue weighted by molar-refractivity contribution is 9.10. The van der Waals surface area contributed by atoms with Gasteiger partial charge in [-0.05, 0) is 65.7 Å². The molecule has 1 N–H and O–H groups in total. The normalized spacial score (nSPS) is 14.2. The van der Waals surface area contributed by atoms with Crippen LogP contribution in [0.4, 0.5) is 8.78 Å².